The van der Waals surface area contributed by atoms with Crippen molar-refractivity contribution in [3.05, 3.63) is 0 Å². The second-order valence-corrected chi connectivity index (χ2v) is 2.51. The summed E-state index contributed by atoms with van der Waals surface area (Å²) in [6.45, 7) is 0.248. The van der Waals surface area contributed by atoms with Crippen molar-refractivity contribution in [2.45, 2.75) is 25.3 Å². The van der Waals surface area contributed by atoms with E-state index in [4.69, 9.17) is 10.8 Å². The molecule has 9 heavy (non-hydrogen) atoms. The van der Waals surface area contributed by atoms with Crippen LogP contribution in [0.2, 0.25) is 0 Å². The van der Waals surface area contributed by atoms with E-state index in [0.29, 0.717) is 0 Å². The van der Waals surface area contributed by atoms with Crippen molar-refractivity contribution >= 4 is 12.4 Å². The Balaban J connectivity index is 0.000000640. The Labute approximate surface area is 61.8 Å². The highest BCUT2D eigenvalue weighted by Gasteiger charge is 2.27. The topological polar surface area (TPSA) is 46.2 Å². The summed E-state index contributed by atoms with van der Waals surface area (Å²) in [4.78, 5) is 0. The molecule has 0 bridgehead atoms. The molecule has 1 unspecified atom stereocenters. The Morgan fingerprint density at radius 2 is 2.11 bits per heavy atom. The molecule has 0 amide bonds. The molecule has 0 heterocycles. The second kappa shape index (κ2) is 4.09. The normalized spacial score (nSPS) is 20.7. The smallest absolute Gasteiger partial charge is 0.0445 e. The molecular weight excluding hydrogens is 138 g/mol. The molecule has 0 aromatic rings. The molecule has 0 spiro atoms. The average Bonchev–Trinajstić information content (AvgIpc) is 2.45. The van der Waals surface area contributed by atoms with Crippen LogP contribution in [0.4, 0.5) is 0 Å². The molecule has 1 rings (SSSR count). The van der Waals surface area contributed by atoms with Gasteiger partial charge < -0.3 is 10.8 Å². The minimum absolute atomic E-state index is 0. The molecule has 1 saturated carbocycles. The minimum atomic E-state index is 0. The summed E-state index contributed by atoms with van der Waals surface area (Å²) >= 11 is 0. The van der Waals surface area contributed by atoms with Crippen LogP contribution in [0.15, 0.2) is 0 Å². The van der Waals surface area contributed by atoms with Crippen molar-refractivity contribution in [1.82, 2.24) is 0 Å². The van der Waals surface area contributed by atoms with Crippen LogP contribution in [-0.2, 0) is 0 Å². The molecule has 56 valence electrons. The van der Waals surface area contributed by atoms with E-state index in [-0.39, 0.29) is 25.1 Å². The summed E-state index contributed by atoms with van der Waals surface area (Å²) < 4.78 is 0. The van der Waals surface area contributed by atoms with E-state index in [1.807, 2.05) is 0 Å². The van der Waals surface area contributed by atoms with Crippen LogP contribution >= 0.6 is 12.4 Å². The van der Waals surface area contributed by atoms with Gasteiger partial charge in [0, 0.05) is 12.6 Å². The number of aliphatic hydroxyl groups excluding tert-OH is 1. The van der Waals surface area contributed by atoms with Crippen molar-refractivity contribution in [3.8, 4) is 0 Å². The van der Waals surface area contributed by atoms with E-state index in [0.717, 1.165) is 12.3 Å². The van der Waals surface area contributed by atoms with Crippen LogP contribution in [0.3, 0.4) is 0 Å². The van der Waals surface area contributed by atoms with E-state index in [1.54, 1.807) is 0 Å². The van der Waals surface area contributed by atoms with Gasteiger partial charge in [0.25, 0.3) is 0 Å². The first-order valence-corrected chi connectivity index (χ1v) is 3.21. The fraction of sp³-hybridized carbons (Fsp3) is 1.00. The maximum atomic E-state index is 8.43. The monoisotopic (exact) mass is 151 g/mol. The third kappa shape index (κ3) is 3.04. The third-order valence-electron chi connectivity index (χ3n) is 1.69. The van der Waals surface area contributed by atoms with Gasteiger partial charge in [-0.2, -0.15) is 0 Å². The van der Waals surface area contributed by atoms with Crippen LogP contribution in [0.5, 0.6) is 0 Å². The van der Waals surface area contributed by atoms with Gasteiger partial charge in [-0.1, -0.05) is 0 Å². The summed E-state index contributed by atoms with van der Waals surface area (Å²) in [6.07, 6.45) is 3.34. The van der Waals surface area contributed by atoms with Gasteiger partial charge in [-0.15, -0.1) is 12.4 Å². The predicted octanol–water partition coefficient (Wildman–Crippen LogP) is 0.528. The Bertz CT molecular complexity index is 75.5. The lowest BCUT2D eigenvalue weighted by Crippen LogP contribution is -2.23. The average molecular weight is 152 g/mol. The number of aliphatic hydroxyl groups is 1. The molecule has 0 radical (unpaired) electrons. The zero-order chi connectivity index (χ0) is 5.98. The summed E-state index contributed by atoms with van der Waals surface area (Å²) in [7, 11) is 0. The quantitative estimate of drug-likeness (QED) is 0.618. The number of rotatable bonds is 3. The zero-order valence-electron chi connectivity index (χ0n) is 5.42. The van der Waals surface area contributed by atoms with Crippen LogP contribution in [-0.4, -0.2) is 17.8 Å². The number of halogens is 1. The fourth-order valence-electron chi connectivity index (χ4n) is 0.909. The van der Waals surface area contributed by atoms with Crippen LogP contribution < -0.4 is 5.73 Å². The molecule has 0 aromatic heterocycles. The largest absolute Gasteiger partial charge is 0.396 e. The van der Waals surface area contributed by atoms with Gasteiger partial charge in [-0.3, -0.25) is 0 Å². The third-order valence-corrected chi connectivity index (χ3v) is 1.69. The van der Waals surface area contributed by atoms with Crippen molar-refractivity contribution in [2.75, 3.05) is 6.61 Å². The molecule has 1 aliphatic carbocycles. The summed E-state index contributed by atoms with van der Waals surface area (Å²) in [6, 6.07) is 0.278. The summed E-state index contributed by atoms with van der Waals surface area (Å²) in [5, 5.41) is 8.43. The van der Waals surface area contributed by atoms with Gasteiger partial charge in [-0.25, -0.2) is 0 Å². The maximum Gasteiger partial charge on any atom is 0.0445 e. The molecular formula is C6H14ClNO. The first kappa shape index (κ1) is 9.21. The molecule has 1 atom stereocenters. The first-order valence-electron chi connectivity index (χ1n) is 3.21. The lowest BCUT2D eigenvalue weighted by molar-refractivity contribution is 0.270. The summed E-state index contributed by atoms with van der Waals surface area (Å²) in [5.41, 5.74) is 5.63. The molecule has 0 aliphatic heterocycles. The fourth-order valence-corrected chi connectivity index (χ4v) is 0.909. The highest BCUT2D eigenvalue weighted by atomic mass is 35.5. The van der Waals surface area contributed by atoms with Crippen molar-refractivity contribution < 1.29 is 5.11 Å². The SMILES string of the molecule is Cl.NC(CCO)C1CC1. The predicted molar refractivity (Wildman–Crippen MR) is 39.7 cm³/mol. The molecule has 3 heteroatoms. The van der Waals surface area contributed by atoms with Gasteiger partial charge >= 0.3 is 0 Å². The molecule has 1 aliphatic rings. The summed E-state index contributed by atoms with van der Waals surface area (Å²) in [5.74, 6) is 0.738. The molecule has 0 saturated heterocycles. The first-order chi connectivity index (χ1) is 3.84. The Morgan fingerprint density at radius 1 is 1.56 bits per heavy atom. The molecule has 2 nitrogen and oxygen atoms in total. The van der Waals surface area contributed by atoms with E-state index < -0.39 is 0 Å². The van der Waals surface area contributed by atoms with Crippen LogP contribution in [0.1, 0.15) is 19.3 Å². The Kier molecular flexibility index (Phi) is 4.19. The Hall–Kier alpha value is 0.210. The highest BCUT2D eigenvalue weighted by Crippen LogP contribution is 2.32. The van der Waals surface area contributed by atoms with Gasteiger partial charge in [0.2, 0.25) is 0 Å². The van der Waals surface area contributed by atoms with Gasteiger partial charge in [-0.05, 0) is 25.2 Å². The molecule has 0 aromatic carbocycles. The second-order valence-electron chi connectivity index (χ2n) is 2.51. The van der Waals surface area contributed by atoms with Crippen molar-refractivity contribution in [1.29, 1.82) is 0 Å². The van der Waals surface area contributed by atoms with E-state index in [9.17, 15) is 0 Å². The molecule has 1 fully saturated rings. The van der Waals surface area contributed by atoms with E-state index in [2.05, 4.69) is 0 Å². The number of hydrogen-bond donors (Lipinski definition) is 2. The maximum absolute atomic E-state index is 8.43. The van der Waals surface area contributed by atoms with Crippen molar-refractivity contribution in [2.24, 2.45) is 11.7 Å². The number of hydrogen-bond acceptors (Lipinski definition) is 2. The lowest BCUT2D eigenvalue weighted by Gasteiger charge is -2.05. The highest BCUT2D eigenvalue weighted by molar-refractivity contribution is 5.85. The van der Waals surface area contributed by atoms with Crippen LogP contribution in [0, 0.1) is 5.92 Å². The van der Waals surface area contributed by atoms with E-state index in [1.165, 1.54) is 12.8 Å². The van der Waals surface area contributed by atoms with Gasteiger partial charge in [0.1, 0.15) is 0 Å². The zero-order valence-corrected chi connectivity index (χ0v) is 6.23. The standard InChI is InChI=1S/C6H13NO.ClH/c7-6(3-4-8)5-1-2-5;/h5-6,8H,1-4,7H2;1H. The van der Waals surface area contributed by atoms with Crippen molar-refractivity contribution in [3.63, 3.8) is 0 Å². The molecule has 3 N–H and O–H groups in total. The Morgan fingerprint density at radius 3 is 2.44 bits per heavy atom. The van der Waals surface area contributed by atoms with Gasteiger partial charge in [0.15, 0.2) is 0 Å². The number of nitrogens with two attached hydrogens (primary N) is 1. The van der Waals surface area contributed by atoms with Crippen LogP contribution in [0.25, 0.3) is 0 Å². The lowest BCUT2D eigenvalue weighted by atomic mass is 10.1. The van der Waals surface area contributed by atoms with E-state index >= 15 is 0 Å². The van der Waals surface area contributed by atoms with Gasteiger partial charge in [0.05, 0.1) is 0 Å². The minimum Gasteiger partial charge on any atom is -0.396 e.